The molecule has 1 N–H and O–H groups in total. The molecule has 0 radical (unpaired) electrons. The molecular formula is C14H26N2S. The molecular weight excluding hydrogens is 228 g/mol. The van der Waals surface area contributed by atoms with E-state index in [9.17, 15) is 0 Å². The van der Waals surface area contributed by atoms with Crippen molar-refractivity contribution in [2.75, 3.05) is 20.1 Å². The van der Waals surface area contributed by atoms with Gasteiger partial charge in [0.2, 0.25) is 0 Å². The molecule has 17 heavy (non-hydrogen) atoms. The van der Waals surface area contributed by atoms with Gasteiger partial charge in [0.05, 0.1) is 0 Å². The highest BCUT2D eigenvalue weighted by molar-refractivity contribution is 7.10. The zero-order chi connectivity index (χ0) is 12.8. The van der Waals surface area contributed by atoms with E-state index in [0.717, 1.165) is 13.1 Å². The molecule has 0 saturated heterocycles. The van der Waals surface area contributed by atoms with Crippen LogP contribution in [-0.4, -0.2) is 31.1 Å². The van der Waals surface area contributed by atoms with Gasteiger partial charge in [-0.2, -0.15) is 0 Å². The minimum absolute atomic E-state index is 0.496. The molecule has 0 saturated carbocycles. The van der Waals surface area contributed by atoms with E-state index in [0.29, 0.717) is 18.0 Å². The van der Waals surface area contributed by atoms with Crippen molar-refractivity contribution in [2.24, 2.45) is 5.92 Å². The Labute approximate surface area is 110 Å². The molecule has 0 spiro atoms. The molecule has 0 bridgehead atoms. The Kier molecular flexibility index (Phi) is 6.17. The van der Waals surface area contributed by atoms with Crippen LogP contribution in [0, 0.1) is 5.92 Å². The number of likely N-dealkylation sites (N-methyl/N-ethyl adjacent to an activating group) is 1. The maximum absolute atomic E-state index is 3.68. The summed E-state index contributed by atoms with van der Waals surface area (Å²) in [6.45, 7) is 11.2. The van der Waals surface area contributed by atoms with Crippen LogP contribution in [0.3, 0.4) is 0 Å². The SMILES string of the molecule is CC(C)C(NCCN(C)C(C)C)c1cccs1. The van der Waals surface area contributed by atoms with Gasteiger partial charge in [-0.1, -0.05) is 19.9 Å². The predicted octanol–water partition coefficient (Wildman–Crippen LogP) is 3.38. The maximum Gasteiger partial charge on any atom is 0.0438 e. The standard InChI is InChI=1S/C14H26N2S/c1-11(2)14(13-7-6-10-17-13)15-8-9-16(5)12(3)4/h6-7,10-12,14-15H,8-9H2,1-5H3. The molecule has 1 heterocycles. The highest BCUT2D eigenvalue weighted by atomic mass is 32.1. The summed E-state index contributed by atoms with van der Waals surface area (Å²) >= 11 is 1.85. The summed E-state index contributed by atoms with van der Waals surface area (Å²) in [6, 6.07) is 5.48. The lowest BCUT2D eigenvalue weighted by Gasteiger charge is -2.25. The Morgan fingerprint density at radius 2 is 2.00 bits per heavy atom. The van der Waals surface area contributed by atoms with Gasteiger partial charge in [-0.05, 0) is 38.3 Å². The lowest BCUT2D eigenvalue weighted by Crippen LogP contribution is -2.36. The number of nitrogens with zero attached hydrogens (tertiary/aromatic N) is 1. The number of rotatable bonds is 7. The summed E-state index contributed by atoms with van der Waals surface area (Å²) in [6.07, 6.45) is 0. The molecule has 1 aromatic heterocycles. The number of hydrogen-bond donors (Lipinski definition) is 1. The summed E-state index contributed by atoms with van der Waals surface area (Å²) in [5.74, 6) is 0.637. The monoisotopic (exact) mass is 254 g/mol. The molecule has 0 aliphatic heterocycles. The minimum atomic E-state index is 0.496. The third-order valence-corrected chi connectivity index (χ3v) is 4.18. The smallest absolute Gasteiger partial charge is 0.0438 e. The Morgan fingerprint density at radius 3 is 2.47 bits per heavy atom. The summed E-state index contributed by atoms with van der Waals surface area (Å²) < 4.78 is 0. The fourth-order valence-corrected chi connectivity index (χ4v) is 2.76. The van der Waals surface area contributed by atoms with Gasteiger partial charge in [0.25, 0.3) is 0 Å². The van der Waals surface area contributed by atoms with E-state index in [1.807, 2.05) is 11.3 Å². The third-order valence-electron chi connectivity index (χ3n) is 3.23. The van der Waals surface area contributed by atoms with Crippen LogP contribution in [0.2, 0.25) is 0 Å². The Morgan fingerprint density at radius 1 is 1.29 bits per heavy atom. The quantitative estimate of drug-likeness (QED) is 0.802. The average Bonchev–Trinajstić information content (AvgIpc) is 2.76. The van der Waals surface area contributed by atoms with Crippen molar-refractivity contribution in [1.29, 1.82) is 0 Å². The van der Waals surface area contributed by atoms with Crippen molar-refractivity contribution in [3.05, 3.63) is 22.4 Å². The fourth-order valence-electron chi connectivity index (χ4n) is 1.79. The molecule has 98 valence electrons. The van der Waals surface area contributed by atoms with Gasteiger partial charge in [-0.15, -0.1) is 11.3 Å². The van der Waals surface area contributed by atoms with Gasteiger partial charge in [-0.25, -0.2) is 0 Å². The zero-order valence-electron chi connectivity index (χ0n) is 11.7. The van der Waals surface area contributed by atoms with E-state index in [2.05, 4.69) is 62.5 Å². The third kappa shape index (κ3) is 4.78. The van der Waals surface area contributed by atoms with Gasteiger partial charge in [0.1, 0.15) is 0 Å². The molecule has 1 rings (SSSR count). The molecule has 0 aliphatic carbocycles. The summed E-state index contributed by atoms with van der Waals surface area (Å²) in [7, 11) is 2.18. The normalized spacial score (nSPS) is 13.9. The molecule has 1 aromatic rings. The van der Waals surface area contributed by atoms with Crippen LogP contribution in [0.25, 0.3) is 0 Å². The lowest BCUT2D eigenvalue weighted by atomic mass is 10.0. The zero-order valence-corrected chi connectivity index (χ0v) is 12.6. The van der Waals surface area contributed by atoms with Gasteiger partial charge in [0.15, 0.2) is 0 Å². The Hall–Kier alpha value is -0.380. The van der Waals surface area contributed by atoms with Gasteiger partial charge >= 0.3 is 0 Å². The van der Waals surface area contributed by atoms with Crippen LogP contribution < -0.4 is 5.32 Å². The van der Waals surface area contributed by atoms with E-state index in [1.165, 1.54) is 4.88 Å². The highest BCUT2D eigenvalue weighted by Crippen LogP contribution is 2.25. The molecule has 2 nitrogen and oxygen atoms in total. The second-order valence-corrected chi connectivity index (χ2v) is 6.24. The van der Waals surface area contributed by atoms with Crippen molar-refractivity contribution in [3.63, 3.8) is 0 Å². The fraction of sp³-hybridized carbons (Fsp3) is 0.714. The van der Waals surface area contributed by atoms with Crippen LogP contribution in [0.5, 0.6) is 0 Å². The highest BCUT2D eigenvalue weighted by Gasteiger charge is 2.16. The van der Waals surface area contributed by atoms with E-state index >= 15 is 0 Å². The largest absolute Gasteiger partial charge is 0.308 e. The minimum Gasteiger partial charge on any atom is -0.308 e. The molecule has 0 aliphatic rings. The van der Waals surface area contributed by atoms with Crippen LogP contribution in [-0.2, 0) is 0 Å². The predicted molar refractivity (Wildman–Crippen MR) is 77.7 cm³/mol. The topological polar surface area (TPSA) is 15.3 Å². The number of nitrogens with one attached hydrogen (secondary N) is 1. The van der Waals surface area contributed by atoms with Crippen molar-refractivity contribution < 1.29 is 0 Å². The van der Waals surface area contributed by atoms with Gasteiger partial charge < -0.3 is 10.2 Å². The average molecular weight is 254 g/mol. The van der Waals surface area contributed by atoms with Crippen LogP contribution in [0.15, 0.2) is 17.5 Å². The molecule has 0 aromatic carbocycles. The van der Waals surface area contributed by atoms with Crippen molar-refractivity contribution in [2.45, 2.75) is 39.8 Å². The second kappa shape index (κ2) is 7.14. The molecule has 1 atom stereocenters. The van der Waals surface area contributed by atoms with Gasteiger partial charge in [0, 0.05) is 30.1 Å². The molecule has 1 unspecified atom stereocenters. The second-order valence-electron chi connectivity index (χ2n) is 5.27. The van der Waals surface area contributed by atoms with Crippen molar-refractivity contribution in [1.82, 2.24) is 10.2 Å². The van der Waals surface area contributed by atoms with E-state index in [-0.39, 0.29) is 0 Å². The first kappa shape index (κ1) is 14.7. The van der Waals surface area contributed by atoms with Crippen molar-refractivity contribution >= 4 is 11.3 Å². The van der Waals surface area contributed by atoms with E-state index in [4.69, 9.17) is 0 Å². The summed E-state index contributed by atoms with van der Waals surface area (Å²) in [5.41, 5.74) is 0. The van der Waals surface area contributed by atoms with Gasteiger partial charge in [-0.3, -0.25) is 0 Å². The number of hydrogen-bond acceptors (Lipinski definition) is 3. The molecule has 0 amide bonds. The Bertz CT molecular complexity index is 293. The molecule has 0 fully saturated rings. The Balaban J connectivity index is 2.41. The first-order valence-electron chi connectivity index (χ1n) is 6.49. The number of thiophene rings is 1. The molecule has 3 heteroatoms. The summed E-state index contributed by atoms with van der Waals surface area (Å²) in [4.78, 5) is 3.82. The van der Waals surface area contributed by atoms with Crippen LogP contribution >= 0.6 is 11.3 Å². The lowest BCUT2D eigenvalue weighted by molar-refractivity contribution is 0.263. The van der Waals surface area contributed by atoms with Crippen LogP contribution in [0.4, 0.5) is 0 Å². The first-order chi connectivity index (χ1) is 8.02. The maximum atomic E-state index is 3.68. The van der Waals surface area contributed by atoms with Crippen molar-refractivity contribution in [3.8, 4) is 0 Å². The first-order valence-corrected chi connectivity index (χ1v) is 7.37. The summed E-state index contributed by atoms with van der Waals surface area (Å²) in [5, 5.41) is 5.84. The van der Waals surface area contributed by atoms with E-state index < -0.39 is 0 Å². The van der Waals surface area contributed by atoms with Crippen LogP contribution in [0.1, 0.15) is 38.6 Å². The van der Waals surface area contributed by atoms with E-state index in [1.54, 1.807) is 0 Å².